The average Bonchev–Trinajstić information content (AvgIpc) is 2.79. The van der Waals surface area contributed by atoms with Crippen molar-refractivity contribution < 1.29 is 0 Å². The van der Waals surface area contributed by atoms with Gasteiger partial charge in [0.1, 0.15) is 0 Å². The summed E-state index contributed by atoms with van der Waals surface area (Å²) in [6.45, 7) is 3.25. The summed E-state index contributed by atoms with van der Waals surface area (Å²) >= 11 is 18.9. The third kappa shape index (κ3) is 6.11. The minimum atomic E-state index is 0.230. The molecule has 1 aliphatic heterocycles. The molecule has 0 bridgehead atoms. The summed E-state index contributed by atoms with van der Waals surface area (Å²) in [5.41, 5.74) is 3.78. The topological polar surface area (TPSA) is 15.3 Å². The van der Waals surface area contributed by atoms with Crippen molar-refractivity contribution in [3.8, 4) is 0 Å². The second-order valence-corrected chi connectivity index (χ2v) is 10.2. The number of hydrogen-bond donors (Lipinski definition) is 1. The van der Waals surface area contributed by atoms with E-state index in [2.05, 4.69) is 47.5 Å². The van der Waals surface area contributed by atoms with Gasteiger partial charge < -0.3 is 10.2 Å². The van der Waals surface area contributed by atoms with Gasteiger partial charge >= 0.3 is 0 Å². The number of nitrogens with one attached hydrogen (secondary N) is 1. The third-order valence-corrected chi connectivity index (χ3v) is 7.32. The van der Waals surface area contributed by atoms with Crippen LogP contribution in [0.5, 0.6) is 0 Å². The van der Waals surface area contributed by atoms with E-state index in [0.29, 0.717) is 22.1 Å². The molecular formula is C27H31Cl3N2. The lowest BCUT2D eigenvalue weighted by Crippen LogP contribution is -2.47. The smallest absolute Gasteiger partial charge is 0.0654 e. The number of allylic oxidation sites excluding steroid dienone is 4. The highest BCUT2D eigenvalue weighted by atomic mass is 35.5. The lowest BCUT2D eigenvalue weighted by molar-refractivity contribution is 0.328. The van der Waals surface area contributed by atoms with Crippen LogP contribution in [0, 0.1) is 0 Å². The SMILES string of the molecule is CC(CCC1=CCCC=C1)NC1CCN(c2ccc(Cl)cc2Cl)C(c2ccc(Cl)cc2)C1. The van der Waals surface area contributed by atoms with Gasteiger partial charge in [-0.1, -0.05) is 70.7 Å². The van der Waals surface area contributed by atoms with Crippen LogP contribution in [0.4, 0.5) is 5.69 Å². The summed E-state index contributed by atoms with van der Waals surface area (Å²) in [6, 6.07) is 15.2. The predicted molar refractivity (Wildman–Crippen MR) is 139 cm³/mol. The quantitative estimate of drug-likeness (QED) is 0.420. The van der Waals surface area contributed by atoms with Gasteiger partial charge in [0, 0.05) is 28.7 Å². The standard InChI is InChI=1S/C27H31Cl3N2/c1-19(7-8-20-5-3-2-4-6-20)31-24-15-16-32(26-14-13-23(29)17-25(26)30)27(18-24)21-9-11-22(28)12-10-21/h3,5-6,9-14,17,19,24,27,31H,2,4,7-8,15-16,18H2,1H3. The molecule has 170 valence electrons. The molecule has 2 aliphatic rings. The minimum Gasteiger partial charge on any atom is -0.363 e. The Morgan fingerprint density at radius 3 is 2.53 bits per heavy atom. The molecule has 0 saturated carbocycles. The van der Waals surface area contributed by atoms with Gasteiger partial charge in [-0.15, -0.1) is 0 Å². The second kappa shape index (κ2) is 11.1. The molecule has 2 aromatic rings. The molecule has 0 amide bonds. The van der Waals surface area contributed by atoms with E-state index in [1.54, 1.807) is 0 Å². The van der Waals surface area contributed by atoms with Crippen molar-refractivity contribution in [2.24, 2.45) is 0 Å². The van der Waals surface area contributed by atoms with Gasteiger partial charge in [0.25, 0.3) is 0 Å². The van der Waals surface area contributed by atoms with Gasteiger partial charge in [0.2, 0.25) is 0 Å². The summed E-state index contributed by atoms with van der Waals surface area (Å²) in [7, 11) is 0. The maximum atomic E-state index is 6.60. The molecule has 32 heavy (non-hydrogen) atoms. The molecule has 1 saturated heterocycles. The zero-order chi connectivity index (χ0) is 22.5. The molecule has 3 atom stereocenters. The monoisotopic (exact) mass is 488 g/mol. The number of hydrogen-bond acceptors (Lipinski definition) is 2. The van der Waals surface area contributed by atoms with Crippen molar-refractivity contribution in [3.63, 3.8) is 0 Å². The molecule has 1 N–H and O–H groups in total. The van der Waals surface area contributed by atoms with Crippen molar-refractivity contribution in [1.82, 2.24) is 5.32 Å². The van der Waals surface area contributed by atoms with Crippen LogP contribution in [-0.2, 0) is 0 Å². The van der Waals surface area contributed by atoms with E-state index >= 15 is 0 Å². The minimum absolute atomic E-state index is 0.230. The molecule has 2 aromatic carbocycles. The highest BCUT2D eigenvalue weighted by Crippen LogP contribution is 2.39. The Balaban J connectivity index is 1.46. The van der Waals surface area contributed by atoms with Crippen molar-refractivity contribution in [2.75, 3.05) is 11.4 Å². The highest BCUT2D eigenvalue weighted by molar-refractivity contribution is 6.36. The van der Waals surface area contributed by atoms with Crippen LogP contribution in [0.15, 0.2) is 66.3 Å². The summed E-state index contributed by atoms with van der Waals surface area (Å²) in [4.78, 5) is 2.42. The Hall–Kier alpha value is -1.45. The fraction of sp³-hybridized carbons (Fsp3) is 0.407. The Labute approximate surface area is 207 Å². The van der Waals surface area contributed by atoms with Crippen LogP contribution in [0.2, 0.25) is 15.1 Å². The summed E-state index contributed by atoms with van der Waals surface area (Å²) in [5, 5.41) is 6.03. The van der Waals surface area contributed by atoms with Gasteiger partial charge in [0.15, 0.2) is 0 Å². The van der Waals surface area contributed by atoms with E-state index in [-0.39, 0.29) is 6.04 Å². The van der Waals surface area contributed by atoms with Crippen LogP contribution in [-0.4, -0.2) is 18.6 Å². The molecule has 1 fully saturated rings. The van der Waals surface area contributed by atoms with Crippen molar-refractivity contribution in [3.05, 3.63) is 86.9 Å². The molecular weight excluding hydrogens is 459 g/mol. The molecule has 0 aromatic heterocycles. The van der Waals surface area contributed by atoms with E-state index in [1.807, 2.05) is 30.3 Å². The molecule has 4 rings (SSSR count). The van der Waals surface area contributed by atoms with E-state index < -0.39 is 0 Å². The molecule has 1 aliphatic carbocycles. The first-order valence-corrected chi connectivity index (χ1v) is 12.7. The van der Waals surface area contributed by atoms with Crippen LogP contribution in [0.3, 0.4) is 0 Å². The number of nitrogens with zero attached hydrogens (tertiary/aromatic N) is 1. The maximum absolute atomic E-state index is 6.60. The largest absolute Gasteiger partial charge is 0.363 e. The Bertz CT molecular complexity index is 967. The van der Waals surface area contributed by atoms with E-state index in [4.69, 9.17) is 34.8 Å². The second-order valence-electron chi connectivity index (χ2n) is 8.94. The first-order chi connectivity index (χ1) is 15.5. The van der Waals surface area contributed by atoms with Gasteiger partial charge in [0.05, 0.1) is 16.8 Å². The zero-order valence-corrected chi connectivity index (χ0v) is 20.8. The Morgan fingerprint density at radius 2 is 1.81 bits per heavy atom. The molecule has 1 heterocycles. The van der Waals surface area contributed by atoms with E-state index in [1.165, 1.54) is 24.0 Å². The fourth-order valence-electron chi connectivity index (χ4n) is 4.84. The zero-order valence-electron chi connectivity index (χ0n) is 18.5. The van der Waals surface area contributed by atoms with E-state index in [0.717, 1.165) is 42.9 Å². The number of rotatable bonds is 7. The summed E-state index contributed by atoms with van der Waals surface area (Å²) < 4.78 is 0. The first kappa shape index (κ1) is 23.7. The van der Waals surface area contributed by atoms with Crippen molar-refractivity contribution in [2.45, 2.75) is 63.6 Å². The number of halogens is 3. The molecule has 5 heteroatoms. The van der Waals surface area contributed by atoms with E-state index in [9.17, 15) is 0 Å². The normalized spacial score (nSPS) is 22.0. The number of benzene rings is 2. The summed E-state index contributed by atoms with van der Waals surface area (Å²) in [5.74, 6) is 0. The predicted octanol–water partition coefficient (Wildman–Crippen LogP) is 8.39. The van der Waals surface area contributed by atoms with Crippen LogP contribution >= 0.6 is 34.8 Å². The molecule has 2 nitrogen and oxygen atoms in total. The molecule has 3 unspecified atom stereocenters. The summed E-state index contributed by atoms with van der Waals surface area (Å²) in [6.07, 6.45) is 13.7. The lowest BCUT2D eigenvalue weighted by atomic mass is 9.90. The first-order valence-electron chi connectivity index (χ1n) is 11.6. The Morgan fingerprint density at radius 1 is 1.03 bits per heavy atom. The number of piperidine rings is 1. The molecule has 0 spiro atoms. The third-order valence-electron chi connectivity index (χ3n) is 6.53. The lowest BCUT2D eigenvalue weighted by Gasteiger charge is -2.42. The van der Waals surface area contributed by atoms with Gasteiger partial charge in [-0.2, -0.15) is 0 Å². The van der Waals surface area contributed by atoms with Crippen LogP contribution in [0.1, 0.15) is 57.1 Å². The number of anilines is 1. The van der Waals surface area contributed by atoms with Gasteiger partial charge in [-0.25, -0.2) is 0 Å². The van der Waals surface area contributed by atoms with Crippen molar-refractivity contribution in [1.29, 1.82) is 0 Å². The van der Waals surface area contributed by atoms with Crippen LogP contribution < -0.4 is 10.2 Å². The van der Waals surface area contributed by atoms with Gasteiger partial charge in [-0.3, -0.25) is 0 Å². The average molecular weight is 490 g/mol. The van der Waals surface area contributed by atoms with Crippen molar-refractivity contribution >= 4 is 40.5 Å². The fourth-order valence-corrected chi connectivity index (χ4v) is 5.49. The Kier molecular flexibility index (Phi) is 8.23. The van der Waals surface area contributed by atoms with Gasteiger partial charge in [-0.05, 0) is 81.3 Å². The van der Waals surface area contributed by atoms with Crippen LogP contribution in [0.25, 0.3) is 0 Å². The molecule has 0 radical (unpaired) electrons. The highest BCUT2D eigenvalue weighted by Gasteiger charge is 2.31. The maximum Gasteiger partial charge on any atom is 0.0654 e.